The fraction of sp³-hybridized carbons (Fsp3) is 0.273. The lowest BCUT2D eigenvalue weighted by Gasteiger charge is -2.30. The molecule has 1 N–H and O–H groups in total. The normalized spacial score (nSPS) is 14.1. The van der Waals surface area contributed by atoms with Crippen LogP contribution in [-0.4, -0.2) is 46.4 Å². The second-order valence-electron chi connectivity index (χ2n) is 6.53. The minimum atomic E-state index is -0.531. The smallest absolute Gasteiger partial charge is 0.266 e. The largest absolute Gasteiger partial charge is 0.497 e. The molecule has 0 aliphatic carbocycles. The van der Waals surface area contributed by atoms with E-state index in [1.54, 1.807) is 30.3 Å². The van der Waals surface area contributed by atoms with Gasteiger partial charge in [-0.05, 0) is 42.0 Å². The predicted octanol–water partition coefficient (Wildman–Crippen LogP) is 3.74. The van der Waals surface area contributed by atoms with E-state index in [2.05, 4.69) is 10.2 Å². The van der Waals surface area contributed by atoms with Crippen LogP contribution in [0.15, 0.2) is 42.0 Å². The topological polar surface area (TPSA) is 83.8 Å². The van der Waals surface area contributed by atoms with Crippen molar-refractivity contribution in [2.45, 2.75) is 0 Å². The van der Waals surface area contributed by atoms with E-state index < -0.39 is 5.91 Å². The van der Waals surface area contributed by atoms with Crippen molar-refractivity contribution in [3.05, 3.63) is 52.6 Å². The van der Waals surface area contributed by atoms with E-state index in [4.69, 9.17) is 25.8 Å². The van der Waals surface area contributed by atoms with Gasteiger partial charge in [0.15, 0.2) is 0 Å². The van der Waals surface area contributed by atoms with Crippen LogP contribution in [0.5, 0.6) is 11.5 Å². The summed E-state index contributed by atoms with van der Waals surface area (Å²) in [5.41, 5.74) is 1.92. The number of carbonyl (C=O) groups excluding carboxylic acids is 1. The highest BCUT2D eigenvalue weighted by atomic mass is 35.5. The number of hydrogen-bond acceptors (Lipinski definition) is 6. The third-order valence-electron chi connectivity index (χ3n) is 4.61. The van der Waals surface area contributed by atoms with Crippen molar-refractivity contribution in [2.24, 2.45) is 0 Å². The van der Waals surface area contributed by atoms with Crippen LogP contribution in [0, 0.1) is 11.3 Å². The summed E-state index contributed by atoms with van der Waals surface area (Å²) in [6.07, 6.45) is 1.49. The number of anilines is 2. The summed E-state index contributed by atoms with van der Waals surface area (Å²) >= 11 is 6.15. The van der Waals surface area contributed by atoms with Crippen LogP contribution in [0.2, 0.25) is 5.02 Å². The Labute approximate surface area is 180 Å². The summed E-state index contributed by atoms with van der Waals surface area (Å²) in [5, 5.41) is 12.9. The number of carbonyl (C=O) groups is 1. The van der Waals surface area contributed by atoms with Crippen molar-refractivity contribution >= 4 is 35.0 Å². The zero-order valence-corrected chi connectivity index (χ0v) is 17.5. The average Bonchev–Trinajstić information content (AvgIpc) is 2.77. The number of methoxy groups -OCH3 is 2. The van der Waals surface area contributed by atoms with Crippen LogP contribution in [0.4, 0.5) is 11.4 Å². The molecular formula is C22H22ClN3O4. The van der Waals surface area contributed by atoms with Gasteiger partial charge < -0.3 is 24.4 Å². The maximum atomic E-state index is 12.9. The van der Waals surface area contributed by atoms with Crippen molar-refractivity contribution in [3.63, 3.8) is 0 Å². The van der Waals surface area contributed by atoms with Crippen LogP contribution < -0.4 is 19.7 Å². The standard InChI is InChI=1S/C22H22ClN3O4/c1-28-18-10-15(11-19(13-18)29-2)9-16(14-24)22(27)25-20-12-17(23)3-4-21(20)26-5-7-30-8-6-26/h3-4,9-13H,5-8H2,1-2H3,(H,25,27)/b16-9+. The molecule has 1 aliphatic heterocycles. The number of halogens is 1. The van der Waals surface area contributed by atoms with Crippen molar-refractivity contribution in [3.8, 4) is 17.6 Å². The van der Waals surface area contributed by atoms with E-state index in [0.717, 1.165) is 5.69 Å². The number of nitriles is 1. The van der Waals surface area contributed by atoms with Crippen LogP contribution in [0.1, 0.15) is 5.56 Å². The third kappa shape index (κ3) is 5.23. The maximum Gasteiger partial charge on any atom is 0.266 e. The summed E-state index contributed by atoms with van der Waals surface area (Å²) in [7, 11) is 3.07. The van der Waals surface area contributed by atoms with Gasteiger partial charge in [-0.2, -0.15) is 5.26 Å². The molecule has 1 saturated heterocycles. The van der Waals surface area contributed by atoms with E-state index in [-0.39, 0.29) is 5.57 Å². The number of ether oxygens (including phenoxy) is 3. The Morgan fingerprint density at radius 2 is 1.83 bits per heavy atom. The summed E-state index contributed by atoms with van der Waals surface area (Å²) < 4.78 is 15.9. The highest BCUT2D eigenvalue weighted by molar-refractivity contribution is 6.31. The molecule has 1 aliphatic rings. The third-order valence-corrected chi connectivity index (χ3v) is 4.84. The lowest BCUT2D eigenvalue weighted by molar-refractivity contribution is -0.112. The number of amides is 1. The molecular weight excluding hydrogens is 406 g/mol. The molecule has 2 aromatic carbocycles. The van der Waals surface area contributed by atoms with Gasteiger partial charge in [-0.3, -0.25) is 4.79 Å². The molecule has 0 atom stereocenters. The van der Waals surface area contributed by atoms with E-state index in [1.165, 1.54) is 20.3 Å². The quantitative estimate of drug-likeness (QED) is 0.558. The van der Waals surface area contributed by atoms with Crippen molar-refractivity contribution in [1.29, 1.82) is 5.26 Å². The Morgan fingerprint density at radius 1 is 1.17 bits per heavy atom. The number of hydrogen-bond donors (Lipinski definition) is 1. The summed E-state index contributed by atoms with van der Waals surface area (Å²) in [6.45, 7) is 2.62. The van der Waals surface area contributed by atoms with E-state index in [1.807, 2.05) is 12.1 Å². The Kier molecular flexibility index (Phi) is 7.17. The zero-order valence-electron chi connectivity index (χ0n) is 16.8. The van der Waals surface area contributed by atoms with Gasteiger partial charge in [0.25, 0.3) is 5.91 Å². The van der Waals surface area contributed by atoms with Gasteiger partial charge in [0.1, 0.15) is 23.1 Å². The average molecular weight is 428 g/mol. The Morgan fingerprint density at radius 3 is 2.43 bits per heavy atom. The fourth-order valence-electron chi connectivity index (χ4n) is 3.11. The minimum absolute atomic E-state index is 0.0572. The highest BCUT2D eigenvalue weighted by Crippen LogP contribution is 2.30. The number of nitrogens with one attached hydrogen (secondary N) is 1. The molecule has 156 valence electrons. The van der Waals surface area contributed by atoms with Crippen molar-refractivity contribution in [2.75, 3.05) is 50.7 Å². The molecule has 0 radical (unpaired) electrons. The van der Waals surface area contributed by atoms with Crippen LogP contribution in [0.3, 0.4) is 0 Å². The number of rotatable bonds is 6. The van der Waals surface area contributed by atoms with Gasteiger partial charge in [0.05, 0.1) is 38.8 Å². The van der Waals surface area contributed by atoms with Crippen molar-refractivity contribution in [1.82, 2.24) is 0 Å². The van der Waals surface area contributed by atoms with Gasteiger partial charge >= 0.3 is 0 Å². The molecule has 1 heterocycles. The molecule has 2 aromatic rings. The number of morpholine rings is 1. The first kappa shape index (κ1) is 21.5. The lowest BCUT2D eigenvalue weighted by Crippen LogP contribution is -2.36. The van der Waals surface area contributed by atoms with E-state index >= 15 is 0 Å². The van der Waals surface area contributed by atoms with Gasteiger partial charge in [-0.1, -0.05) is 11.6 Å². The SMILES string of the molecule is COc1cc(/C=C(\C#N)C(=O)Nc2cc(Cl)ccc2N2CCOCC2)cc(OC)c1. The molecule has 0 bridgehead atoms. The van der Waals surface area contributed by atoms with Gasteiger partial charge in [-0.15, -0.1) is 0 Å². The van der Waals surface area contributed by atoms with Gasteiger partial charge in [0.2, 0.25) is 0 Å². The van der Waals surface area contributed by atoms with Gasteiger partial charge in [0, 0.05) is 24.2 Å². The van der Waals surface area contributed by atoms with Crippen LogP contribution in [-0.2, 0) is 9.53 Å². The lowest BCUT2D eigenvalue weighted by atomic mass is 10.1. The van der Waals surface area contributed by atoms with E-state index in [9.17, 15) is 10.1 Å². The molecule has 0 aromatic heterocycles. The number of benzene rings is 2. The molecule has 1 fully saturated rings. The number of nitrogens with zero attached hydrogens (tertiary/aromatic N) is 2. The fourth-order valence-corrected chi connectivity index (χ4v) is 3.28. The molecule has 30 heavy (non-hydrogen) atoms. The first-order chi connectivity index (χ1) is 14.5. The Balaban J connectivity index is 1.88. The minimum Gasteiger partial charge on any atom is -0.497 e. The van der Waals surface area contributed by atoms with Crippen LogP contribution >= 0.6 is 11.6 Å². The molecule has 7 nitrogen and oxygen atoms in total. The van der Waals surface area contributed by atoms with Crippen molar-refractivity contribution < 1.29 is 19.0 Å². The Bertz CT molecular complexity index is 972. The van der Waals surface area contributed by atoms with E-state index in [0.29, 0.717) is 54.1 Å². The first-order valence-corrected chi connectivity index (χ1v) is 9.70. The van der Waals surface area contributed by atoms with Gasteiger partial charge in [-0.25, -0.2) is 0 Å². The maximum absolute atomic E-state index is 12.9. The molecule has 8 heteroatoms. The summed E-state index contributed by atoms with van der Waals surface area (Å²) in [4.78, 5) is 15.0. The second-order valence-corrected chi connectivity index (χ2v) is 6.97. The summed E-state index contributed by atoms with van der Waals surface area (Å²) in [6, 6.07) is 12.4. The van der Waals surface area contributed by atoms with Crippen LogP contribution in [0.25, 0.3) is 6.08 Å². The molecule has 0 spiro atoms. The second kappa shape index (κ2) is 10.0. The predicted molar refractivity (Wildman–Crippen MR) is 116 cm³/mol. The highest BCUT2D eigenvalue weighted by Gasteiger charge is 2.18. The molecule has 0 unspecified atom stereocenters. The zero-order chi connectivity index (χ0) is 21.5. The monoisotopic (exact) mass is 427 g/mol. The summed E-state index contributed by atoms with van der Waals surface area (Å²) in [5.74, 6) is 0.585. The molecule has 0 saturated carbocycles. The molecule has 1 amide bonds. The first-order valence-electron chi connectivity index (χ1n) is 9.32. The Hall–Kier alpha value is -3.21. The molecule has 3 rings (SSSR count).